The van der Waals surface area contributed by atoms with Crippen LogP contribution in [0.3, 0.4) is 0 Å². The molecular formula is C44H76O9Si. The molecule has 0 aromatic heterocycles. The molecule has 54 heavy (non-hydrogen) atoms. The van der Waals surface area contributed by atoms with Crippen molar-refractivity contribution >= 4 is 18.7 Å². The average Bonchev–Trinajstić information content (AvgIpc) is 3.18. The van der Waals surface area contributed by atoms with E-state index < -0.39 is 8.32 Å². The summed E-state index contributed by atoms with van der Waals surface area (Å²) >= 11 is 0. The van der Waals surface area contributed by atoms with Crippen LogP contribution < -0.4 is 10.4 Å². The van der Waals surface area contributed by atoms with Crippen LogP contribution in [-0.4, -0.2) is 121 Å². The van der Waals surface area contributed by atoms with Gasteiger partial charge in [0, 0.05) is 6.61 Å². The third-order valence-corrected chi connectivity index (χ3v) is 14.3. The van der Waals surface area contributed by atoms with Gasteiger partial charge in [0.2, 0.25) is 0 Å². The van der Waals surface area contributed by atoms with Gasteiger partial charge in [-0.05, 0) is 21.8 Å². The number of hydrogen-bond acceptors (Lipinski definition) is 9. The fourth-order valence-electron chi connectivity index (χ4n) is 6.35. The Balaban J connectivity index is 1.30. The molecule has 10 heteroatoms. The van der Waals surface area contributed by atoms with Crippen LogP contribution in [0.25, 0.3) is 0 Å². The van der Waals surface area contributed by atoms with Gasteiger partial charge in [-0.25, -0.2) is 0 Å². The van der Waals surface area contributed by atoms with Gasteiger partial charge in [0.25, 0.3) is 8.32 Å². The summed E-state index contributed by atoms with van der Waals surface area (Å²) in [5.74, 6) is 0. The number of hydrogen-bond donors (Lipinski definition) is 0. The predicted molar refractivity (Wildman–Crippen MR) is 222 cm³/mol. The van der Waals surface area contributed by atoms with Gasteiger partial charge in [-0.1, -0.05) is 146 Å². The minimum atomic E-state index is -2.53. The van der Waals surface area contributed by atoms with Gasteiger partial charge in [0.05, 0.1) is 106 Å². The molecule has 0 fully saturated rings. The van der Waals surface area contributed by atoms with Crippen LogP contribution in [0.15, 0.2) is 60.7 Å². The summed E-state index contributed by atoms with van der Waals surface area (Å²) in [5.41, 5.74) is 0. The summed E-state index contributed by atoms with van der Waals surface area (Å²) in [6.45, 7) is 18.6. The van der Waals surface area contributed by atoms with Crippen LogP contribution in [0.1, 0.15) is 91.9 Å². The molecule has 2 aromatic carbocycles. The Morgan fingerprint density at radius 1 is 0.352 bits per heavy atom. The summed E-state index contributed by atoms with van der Waals surface area (Å²) in [6, 6.07) is 21.3. The van der Waals surface area contributed by atoms with Crippen molar-refractivity contribution in [3.05, 3.63) is 60.7 Å². The second-order valence-corrected chi connectivity index (χ2v) is 18.9. The van der Waals surface area contributed by atoms with E-state index in [9.17, 15) is 0 Å². The van der Waals surface area contributed by atoms with E-state index in [2.05, 4.69) is 88.4 Å². The van der Waals surface area contributed by atoms with Crippen molar-refractivity contribution in [1.82, 2.24) is 0 Å². The highest BCUT2D eigenvalue weighted by Crippen LogP contribution is 2.36. The molecule has 0 saturated carbocycles. The molecule has 0 N–H and O–H groups in total. The van der Waals surface area contributed by atoms with Gasteiger partial charge in [-0.15, -0.1) is 0 Å². The summed E-state index contributed by atoms with van der Waals surface area (Å²) < 4.78 is 51.9. The van der Waals surface area contributed by atoms with Gasteiger partial charge in [-0.3, -0.25) is 0 Å². The zero-order valence-corrected chi connectivity index (χ0v) is 35.5. The largest absolute Gasteiger partial charge is 0.405 e. The van der Waals surface area contributed by atoms with Crippen molar-refractivity contribution in [3.8, 4) is 0 Å². The molecule has 2 aromatic rings. The zero-order valence-electron chi connectivity index (χ0n) is 34.5. The lowest BCUT2D eigenvalue weighted by Gasteiger charge is -2.43. The second kappa shape index (κ2) is 33.4. The Bertz CT molecular complexity index is 1030. The molecule has 0 spiro atoms. The van der Waals surface area contributed by atoms with Crippen LogP contribution in [0.4, 0.5) is 0 Å². The summed E-state index contributed by atoms with van der Waals surface area (Å²) in [6.07, 6.45) is 13.4. The highest BCUT2D eigenvalue weighted by molar-refractivity contribution is 6.99. The molecule has 0 unspecified atom stereocenters. The second-order valence-electron chi connectivity index (χ2n) is 14.6. The number of benzene rings is 2. The monoisotopic (exact) mass is 777 g/mol. The van der Waals surface area contributed by atoms with E-state index >= 15 is 0 Å². The SMILES string of the molecule is CCCCCCCCCCCCOCCOCCOCCOCCOCCOCCOCCOCCO[Si](c1ccccc1)(c1ccccc1)C(C)(C)C. The zero-order chi connectivity index (χ0) is 38.7. The normalized spacial score (nSPS) is 12.1. The molecule has 0 bridgehead atoms. The van der Waals surface area contributed by atoms with Crippen molar-refractivity contribution in [2.75, 3.05) is 112 Å². The molecule has 0 heterocycles. The number of rotatable bonds is 38. The van der Waals surface area contributed by atoms with Gasteiger partial charge in [0.15, 0.2) is 0 Å². The van der Waals surface area contributed by atoms with Crippen molar-refractivity contribution < 1.29 is 42.3 Å². The fraction of sp³-hybridized carbons (Fsp3) is 0.727. The molecule has 0 aliphatic heterocycles. The molecule has 9 nitrogen and oxygen atoms in total. The summed E-state index contributed by atoms with van der Waals surface area (Å²) in [4.78, 5) is 0. The minimum absolute atomic E-state index is 0.0503. The van der Waals surface area contributed by atoms with Crippen LogP contribution in [-0.2, 0) is 42.3 Å². The molecule has 0 saturated heterocycles. The number of unbranched alkanes of at least 4 members (excludes halogenated alkanes) is 9. The van der Waals surface area contributed by atoms with Crippen LogP contribution in [0, 0.1) is 0 Å². The first kappa shape index (κ1) is 48.4. The predicted octanol–water partition coefficient (Wildman–Crippen LogP) is 7.62. The van der Waals surface area contributed by atoms with E-state index in [1.54, 1.807) is 0 Å². The molecular weight excluding hydrogens is 701 g/mol. The molecule has 0 atom stereocenters. The van der Waals surface area contributed by atoms with E-state index in [4.69, 9.17) is 42.3 Å². The Morgan fingerprint density at radius 2 is 0.630 bits per heavy atom. The topological polar surface area (TPSA) is 83.1 Å². The van der Waals surface area contributed by atoms with E-state index in [1.165, 1.54) is 68.2 Å². The lowest BCUT2D eigenvalue weighted by Crippen LogP contribution is -2.66. The number of ether oxygens (including phenoxy) is 8. The van der Waals surface area contributed by atoms with Crippen molar-refractivity contribution in [3.63, 3.8) is 0 Å². The molecule has 2 rings (SSSR count). The van der Waals surface area contributed by atoms with Crippen LogP contribution in [0.2, 0.25) is 5.04 Å². The third-order valence-electron chi connectivity index (χ3n) is 9.21. The van der Waals surface area contributed by atoms with E-state index in [-0.39, 0.29) is 5.04 Å². The Labute approximate surface area is 330 Å². The smallest absolute Gasteiger partial charge is 0.261 e. The molecule has 0 aliphatic rings. The minimum Gasteiger partial charge on any atom is -0.405 e. The van der Waals surface area contributed by atoms with Gasteiger partial charge < -0.3 is 42.3 Å². The summed E-state index contributed by atoms with van der Waals surface area (Å²) in [7, 11) is -2.53. The highest BCUT2D eigenvalue weighted by Gasteiger charge is 2.50. The van der Waals surface area contributed by atoms with Gasteiger partial charge in [0.1, 0.15) is 0 Å². The van der Waals surface area contributed by atoms with E-state index in [0.29, 0.717) is 106 Å². The maximum absolute atomic E-state index is 6.86. The fourth-order valence-corrected chi connectivity index (χ4v) is 10.9. The Hall–Kier alpha value is -1.70. The molecule has 310 valence electrons. The molecule has 0 aliphatic carbocycles. The van der Waals surface area contributed by atoms with Gasteiger partial charge >= 0.3 is 0 Å². The van der Waals surface area contributed by atoms with Crippen LogP contribution in [0.5, 0.6) is 0 Å². The first-order valence-electron chi connectivity index (χ1n) is 20.9. The van der Waals surface area contributed by atoms with Crippen molar-refractivity contribution in [1.29, 1.82) is 0 Å². The third kappa shape index (κ3) is 22.8. The van der Waals surface area contributed by atoms with E-state index in [0.717, 1.165) is 13.0 Å². The standard InChI is InChI=1S/C44H76O9Si/c1-5-6-7-8-9-10-11-12-13-20-25-45-26-27-46-28-29-47-30-31-48-32-33-49-34-35-50-36-37-51-38-39-52-40-41-53-54(44(2,3)4,42-21-16-14-17-22-42)43-23-18-15-19-24-43/h14-19,21-24H,5-13,20,25-41H2,1-4H3. The Morgan fingerprint density at radius 3 is 0.944 bits per heavy atom. The summed E-state index contributed by atoms with van der Waals surface area (Å²) in [5, 5.41) is 2.50. The Kier molecular flexibility index (Phi) is 30.0. The quantitative estimate of drug-likeness (QED) is 0.0506. The van der Waals surface area contributed by atoms with E-state index in [1.807, 2.05) is 0 Å². The molecule has 0 amide bonds. The van der Waals surface area contributed by atoms with Crippen molar-refractivity contribution in [2.24, 2.45) is 0 Å². The van der Waals surface area contributed by atoms with Gasteiger partial charge in [-0.2, -0.15) is 0 Å². The maximum atomic E-state index is 6.86. The molecule has 0 radical (unpaired) electrons. The average molecular weight is 777 g/mol. The van der Waals surface area contributed by atoms with Crippen LogP contribution >= 0.6 is 0 Å². The first-order valence-corrected chi connectivity index (χ1v) is 22.8. The first-order chi connectivity index (χ1) is 26.5. The lowest BCUT2D eigenvalue weighted by molar-refractivity contribution is -0.0237. The van der Waals surface area contributed by atoms with Crippen molar-refractivity contribution in [2.45, 2.75) is 96.9 Å². The lowest BCUT2D eigenvalue weighted by atomic mass is 10.1. The highest BCUT2D eigenvalue weighted by atomic mass is 28.4. The maximum Gasteiger partial charge on any atom is 0.261 e.